The number of furan rings is 1. The third kappa shape index (κ3) is 3.22. The van der Waals surface area contributed by atoms with Crippen LogP contribution in [0.15, 0.2) is 34.7 Å². The summed E-state index contributed by atoms with van der Waals surface area (Å²) in [5.41, 5.74) is -0.462. The van der Waals surface area contributed by atoms with Gasteiger partial charge in [0.05, 0.1) is 17.0 Å². The zero-order valence-electron chi connectivity index (χ0n) is 10.4. The van der Waals surface area contributed by atoms with Crippen LogP contribution in [0.4, 0.5) is 13.2 Å². The summed E-state index contributed by atoms with van der Waals surface area (Å²) in [6.07, 6.45) is -4.30. The van der Waals surface area contributed by atoms with Gasteiger partial charge in [-0.1, -0.05) is 11.6 Å². The zero-order valence-corrected chi connectivity index (χ0v) is 11.2. The summed E-state index contributed by atoms with van der Waals surface area (Å²) in [5.74, 6) is 0.716. The van der Waals surface area contributed by atoms with E-state index in [0.717, 1.165) is 12.1 Å². The van der Waals surface area contributed by atoms with Crippen molar-refractivity contribution in [3.8, 4) is 11.3 Å². The van der Waals surface area contributed by atoms with E-state index in [4.69, 9.17) is 16.0 Å². The molecule has 0 aliphatic carbocycles. The first kappa shape index (κ1) is 14.7. The van der Waals surface area contributed by atoms with Gasteiger partial charge in [0.1, 0.15) is 17.3 Å². The Morgan fingerprint density at radius 3 is 2.50 bits per heavy atom. The minimum Gasteiger partial charge on any atom is -0.461 e. The maximum atomic E-state index is 12.5. The largest absolute Gasteiger partial charge is 0.461 e. The molecule has 106 valence electrons. The molecule has 0 N–H and O–H groups in total. The quantitative estimate of drug-likeness (QED) is 0.819. The lowest BCUT2D eigenvalue weighted by atomic mass is 10.1. The summed E-state index contributed by atoms with van der Waals surface area (Å²) < 4.78 is 43.0. The summed E-state index contributed by atoms with van der Waals surface area (Å²) in [4.78, 5) is 11.0. The average Bonchev–Trinajstić information content (AvgIpc) is 2.75. The second kappa shape index (κ2) is 5.32. The highest BCUT2D eigenvalue weighted by Crippen LogP contribution is 2.36. The van der Waals surface area contributed by atoms with E-state index in [1.807, 2.05) is 0 Å². The molecule has 2 rings (SSSR count). The number of carbonyl (C=O) groups is 1. The first-order valence-electron chi connectivity index (χ1n) is 5.72. The SMILES string of the molecule is CC(=O)Cc1ccc(-c2ccc(C(F)(F)F)cc2Cl)o1. The standard InChI is InChI=1S/C14H10ClF3O2/c1-8(19)6-10-3-5-13(20-10)11-4-2-9(7-12(11)15)14(16,17)18/h2-5,7H,6H2,1H3. The Bertz CT molecular complexity index is 644. The molecule has 0 atom stereocenters. The van der Waals surface area contributed by atoms with Gasteiger partial charge in [0, 0.05) is 5.56 Å². The van der Waals surface area contributed by atoms with Crippen molar-refractivity contribution in [1.29, 1.82) is 0 Å². The topological polar surface area (TPSA) is 30.2 Å². The third-order valence-electron chi connectivity index (χ3n) is 2.65. The number of alkyl halides is 3. The fourth-order valence-electron chi connectivity index (χ4n) is 1.75. The number of carbonyl (C=O) groups excluding carboxylic acids is 1. The number of halogens is 4. The summed E-state index contributed by atoms with van der Waals surface area (Å²) in [6, 6.07) is 6.22. The minimum absolute atomic E-state index is 0.0523. The number of benzene rings is 1. The monoisotopic (exact) mass is 302 g/mol. The molecule has 0 saturated heterocycles. The van der Waals surface area contributed by atoms with E-state index < -0.39 is 11.7 Å². The van der Waals surface area contributed by atoms with Crippen LogP contribution in [-0.2, 0) is 17.4 Å². The van der Waals surface area contributed by atoms with Gasteiger partial charge in [-0.05, 0) is 37.3 Å². The highest BCUT2D eigenvalue weighted by atomic mass is 35.5. The van der Waals surface area contributed by atoms with E-state index in [0.29, 0.717) is 17.1 Å². The molecule has 0 amide bonds. The Balaban J connectivity index is 2.34. The van der Waals surface area contributed by atoms with Crippen LogP contribution in [0, 0.1) is 0 Å². The normalized spacial score (nSPS) is 11.7. The van der Waals surface area contributed by atoms with Gasteiger partial charge >= 0.3 is 6.18 Å². The van der Waals surface area contributed by atoms with Crippen LogP contribution in [0.3, 0.4) is 0 Å². The van der Waals surface area contributed by atoms with Gasteiger partial charge in [0.2, 0.25) is 0 Å². The van der Waals surface area contributed by atoms with Crippen LogP contribution >= 0.6 is 11.6 Å². The predicted molar refractivity (Wildman–Crippen MR) is 68.5 cm³/mol. The summed E-state index contributed by atoms with van der Waals surface area (Å²) in [7, 11) is 0. The fraction of sp³-hybridized carbons (Fsp3) is 0.214. The molecule has 1 aromatic heterocycles. The van der Waals surface area contributed by atoms with E-state index in [1.54, 1.807) is 12.1 Å². The molecule has 0 saturated carbocycles. The number of Topliss-reactive ketones (excluding diaryl/α,β-unsaturated/α-hetero) is 1. The van der Waals surface area contributed by atoms with Crippen molar-refractivity contribution in [1.82, 2.24) is 0 Å². The summed E-state index contributed by atoms with van der Waals surface area (Å²) in [5, 5.41) is -0.0523. The van der Waals surface area contributed by atoms with Crippen molar-refractivity contribution in [2.45, 2.75) is 19.5 Å². The third-order valence-corrected chi connectivity index (χ3v) is 2.96. The molecule has 0 fully saturated rings. The van der Waals surface area contributed by atoms with Gasteiger partial charge in [-0.25, -0.2) is 0 Å². The number of hydrogen-bond donors (Lipinski definition) is 0. The van der Waals surface area contributed by atoms with E-state index in [1.165, 1.54) is 13.0 Å². The van der Waals surface area contributed by atoms with Crippen LogP contribution in [0.5, 0.6) is 0 Å². The molecule has 0 radical (unpaired) electrons. The lowest BCUT2D eigenvalue weighted by molar-refractivity contribution is -0.137. The van der Waals surface area contributed by atoms with Crippen LogP contribution in [0.1, 0.15) is 18.2 Å². The van der Waals surface area contributed by atoms with Gasteiger partial charge < -0.3 is 4.42 Å². The Kier molecular flexibility index (Phi) is 3.90. The molecular formula is C14H10ClF3O2. The van der Waals surface area contributed by atoms with Gasteiger partial charge in [-0.15, -0.1) is 0 Å². The molecular weight excluding hydrogens is 293 g/mol. The molecule has 1 heterocycles. The Morgan fingerprint density at radius 1 is 1.25 bits per heavy atom. The van der Waals surface area contributed by atoms with E-state index in [9.17, 15) is 18.0 Å². The number of ketones is 1. The van der Waals surface area contributed by atoms with Gasteiger partial charge in [0.25, 0.3) is 0 Å². The van der Waals surface area contributed by atoms with Crippen molar-refractivity contribution in [2.24, 2.45) is 0 Å². The van der Waals surface area contributed by atoms with Gasteiger partial charge in [-0.2, -0.15) is 13.2 Å². The number of hydrogen-bond acceptors (Lipinski definition) is 2. The van der Waals surface area contributed by atoms with Crippen LogP contribution < -0.4 is 0 Å². The highest BCUT2D eigenvalue weighted by molar-refractivity contribution is 6.33. The molecule has 0 unspecified atom stereocenters. The van der Waals surface area contributed by atoms with Crippen LogP contribution in [0.2, 0.25) is 5.02 Å². The molecule has 6 heteroatoms. The van der Waals surface area contributed by atoms with Crippen LogP contribution in [-0.4, -0.2) is 5.78 Å². The van der Waals surface area contributed by atoms with Crippen molar-refractivity contribution >= 4 is 17.4 Å². The van der Waals surface area contributed by atoms with Gasteiger partial charge in [0.15, 0.2) is 0 Å². The van der Waals surface area contributed by atoms with Gasteiger partial charge in [-0.3, -0.25) is 4.79 Å². The fourth-order valence-corrected chi connectivity index (χ4v) is 2.03. The van der Waals surface area contributed by atoms with Crippen molar-refractivity contribution in [3.05, 3.63) is 46.7 Å². The Hall–Kier alpha value is -1.75. The first-order valence-corrected chi connectivity index (χ1v) is 6.10. The molecule has 2 aromatic rings. The molecule has 1 aromatic carbocycles. The molecule has 20 heavy (non-hydrogen) atoms. The van der Waals surface area contributed by atoms with Crippen LogP contribution in [0.25, 0.3) is 11.3 Å². The molecule has 0 spiro atoms. The molecule has 2 nitrogen and oxygen atoms in total. The van der Waals surface area contributed by atoms with E-state index >= 15 is 0 Å². The lowest BCUT2D eigenvalue weighted by Gasteiger charge is -2.08. The lowest BCUT2D eigenvalue weighted by Crippen LogP contribution is -2.04. The van der Waals surface area contributed by atoms with Crippen molar-refractivity contribution in [3.63, 3.8) is 0 Å². The molecule has 0 bridgehead atoms. The first-order chi connectivity index (χ1) is 9.27. The van der Waals surface area contributed by atoms with E-state index in [-0.39, 0.29) is 17.2 Å². The predicted octanol–water partition coefficient (Wildman–Crippen LogP) is 4.75. The Labute approximate surface area is 118 Å². The van der Waals surface area contributed by atoms with E-state index in [2.05, 4.69) is 0 Å². The highest BCUT2D eigenvalue weighted by Gasteiger charge is 2.31. The van der Waals surface area contributed by atoms with Crippen molar-refractivity contribution < 1.29 is 22.4 Å². The minimum atomic E-state index is -4.44. The molecule has 0 aliphatic rings. The maximum absolute atomic E-state index is 12.5. The number of rotatable bonds is 3. The zero-order chi connectivity index (χ0) is 14.9. The Morgan fingerprint density at radius 2 is 1.95 bits per heavy atom. The summed E-state index contributed by atoms with van der Waals surface area (Å²) in [6.45, 7) is 1.42. The average molecular weight is 303 g/mol. The summed E-state index contributed by atoms with van der Waals surface area (Å²) >= 11 is 5.86. The second-order valence-corrected chi connectivity index (χ2v) is 4.74. The molecule has 0 aliphatic heterocycles. The smallest absolute Gasteiger partial charge is 0.416 e. The second-order valence-electron chi connectivity index (χ2n) is 4.34. The van der Waals surface area contributed by atoms with Crippen molar-refractivity contribution in [2.75, 3.05) is 0 Å². The maximum Gasteiger partial charge on any atom is 0.416 e.